The van der Waals surface area contributed by atoms with Crippen LogP contribution in [-0.4, -0.2) is 26.4 Å². The van der Waals surface area contributed by atoms with Crippen molar-refractivity contribution in [2.75, 3.05) is 13.7 Å². The Bertz CT molecular complexity index is 756. The van der Waals surface area contributed by atoms with Gasteiger partial charge < -0.3 is 4.74 Å². The number of sulfonamides is 1. The molecule has 0 unspecified atom stereocenters. The molecule has 0 spiro atoms. The number of rotatable bonds is 6. The van der Waals surface area contributed by atoms with Gasteiger partial charge in [-0.1, -0.05) is 12.1 Å². The Morgan fingerprint density at radius 1 is 1.04 bits per heavy atom. The second-order valence-electron chi connectivity index (χ2n) is 4.94. The van der Waals surface area contributed by atoms with Crippen LogP contribution in [0.4, 0.5) is 8.78 Å². The van der Waals surface area contributed by atoms with E-state index in [2.05, 4.69) is 0 Å². The molecule has 124 valence electrons. The highest BCUT2D eigenvalue weighted by Gasteiger charge is 2.22. The Labute approximate surface area is 134 Å². The first-order valence-corrected chi connectivity index (χ1v) is 8.41. The third-order valence-electron chi connectivity index (χ3n) is 3.18. The van der Waals surface area contributed by atoms with E-state index in [-0.39, 0.29) is 6.54 Å². The van der Waals surface area contributed by atoms with Gasteiger partial charge in [0.2, 0.25) is 10.0 Å². The molecule has 2 aromatic carbocycles. The Kier molecular flexibility index (Phi) is 5.33. The van der Waals surface area contributed by atoms with E-state index in [0.717, 1.165) is 22.0 Å². The highest BCUT2D eigenvalue weighted by atomic mass is 32.2. The second-order valence-corrected chi connectivity index (χ2v) is 6.99. The van der Waals surface area contributed by atoms with Gasteiger partial charge in [-0.3, -0.25) is 0 Å². The van der Waals surface area contributed by atoms with E-state index in [1.165, 1.54) is 7.05 Å². The molecule has 0 aliphatic rings. The quantitative estimate of drug-likeness (QED) is 0.811. The van der Waals surface area contributed by atoms with E-state index in [0.29, 0.717) is 18.4 Å². The third kappa shape index (κ3) is 4.27. The minimum absolute atomic E-state index is 0.0763. The number of hydrogen-bond acceptors (Lipinski definition) is 3. The van der Waals surface area contributed by atoms with Crippen LogP contribution in [-0.2, 0) is 16.6 Å². The lowest BCUT2D eigenvalue weighted by atomic mass is 10.2. The average molecular weight is 341 g/mol. The van der Waals surface area contributed by atoms with Crippen LogP contribution < -0.4 is 4.74 Å². The van der Waals surface area contributed by atoms with Crippen molar-refractivity contribution in [1.82, 2.24) is 4.31 Å². The standard InChI is InChI=1S/C16H17F2NO3S/c1-3-22-15-6-4-12(5-7-15)11-19(2)23(20,21)16-9-13(17)8-14(18)10-16/h4-10H,3,11H2,1-2H3. The Balaban J connectivity index is 2.19. The fraction of sp³-hybridized carbons (Fsp3) is 0.250. The highest BCUT2D eigenvalue weighted by Crippen LogP contribution is 2.20. The van der Waals surface area contributed by atoms with E-state index in [1.807, 2.05) is 6.92 Å². The molecule has 0 saturated heterocycles. The van der Waals surface area contributed by atoms with Gasteiger partial charge >= 0.3 is 0 Å². The maximum absolute atomic E-state index is 13.2. The van der Waals surface area contributed by atoms with Crippen molar-refractivity contribution in [1.29, 1.82) is 0 Å². The molecular formula is C16H17F2NO3S. The van der Waals surface area contributed by atoms with Crippen LogP contribution in [0.2, 0.25) is 0 Å². The van der Waals surface area contributed by atoms with Gasteiger partial charge in [-0.25, -0.2) is 17.2 Å². The lowest BCUT2D eigenvalue weighted by Gasteiger charge is -2.17. The topological polar surface area (TPSA) is 46.6 Å². The van der Waals surface area contributed by atoms with E-state index in [9.17, 15) is 17.2 Å². The summed E-state index contributed by atoms with van der Waals surface area (Å²) in [4.78, 5) is -0.413. The molecule has 7 heteroatoms. The molecule has 0 aromatic heterocycles. The van der Waals surface area contributed by atoms with Crippen LogP contribution >= 0.6 is 0 Å². The molecule has 2 rings (SSSR count). The maximum Gasteiger partial charge on any atom is 0.243 e. The van der Waals surface area contributed by atoms with Crippen molar-refractivity contribution < 1.29 is 21.9 Å². The number of benzene rings is 2. The smallest absolute Gasteiger partial charge is 0.243 e. The molecule has 0 heterocycles. The van der Waals surface area contributed by atoms with Crippen molar-refractivity contribution in [2.45, 2.75) is 18.4 Å². The molecule has 0 aliphatic heterocycles. The average Bonchev–Trinajstić information content (AvgIpc) is 2.48. The Morgan fingerprint density at radius 3 is 2.13 bits per heavy atom. The maximum atomic E-state index is 13.2. The zero-order chi connectivity index (χ0) is 17.0. The number of halogens is 2. The van der Waals surface area contributed by atoms with Gasteiger partial charge in [-0.2, -0.15) is 4.31 Å². The number of ether oxygens (including phenoxy) is 1. The molecular weight excluding hydrogens is 324 g/mol. The van der Waals surface area contributed by atoms with Crippen LogP contribution in [0.25, 0.3) is 0 Å². The highest BCUT2D eigenvalue weighted by molar-refractivity contribution is 7.89. The molecule has 0 radical (unpaired) electrons. The summed E-state index contributed by atoms with van der Waals surface area (Å²) < 4.78 is 57.6. The predicted molar refractivity (Wildman–Crippen MR) is 82.6 cm³/mol. The summed E-state index contributed by atoms with van der Waals surface area (Å²) >= 11 is 0. The SMILES string of the molecule is CCOc1ccc(CN(C)S(=O)(=O)c2cc(F)cc(F)c2)cc1. The van der Waals surface area contributed by atoms with Gasteiger partial charge in [-0.05, 0) is 36.8 Å². The third-order valence-corrected chi connectivity index (χ3v) is 4.96. The first-order valence-electron chi connectivity index (χ1n) is 6.97. The fourth-order valence-corrected chi connectivity index (χ4v) is 3.26. The summed E-state index contributed by atoms with van der Waals surface area (Å²) in [7, 11) is -2.62. The van der Waals surface area contributed by atoms with Gasteiger partial charge in [0.15, 0.2) is 0 Å². The first kappa shape index (κ1) is 17.4. The van der Waals surface area contributed by atoms with Crippen molar-refractivity contribution in [2.24, 2.45) is 0 Å². The normalized spacial score (nSPS) is 11.7. The second kappa shape index (κ2) is 7.06. The van der Waals surface area contributed by atoms with Crippen molar-refractivity contribution in [3.63, 3.8) is 0 Å². The molecule has 4 nitrogen and oxygen atoms in total. The van der Waals surface area contributed by atoms with Crippen LogP contribution in [0.3, 0.4) is 0 Å². The van der Waals surface area contributed by atoms with E-state index >= 15 is 0 Å². The summed E-state index contributed by atoms with van der Waals surface area (Å²) in [6.07, 6.45) is 0. The summed E-state index contributed by atoms with van der Waals surface area (Å²) in [5, 5.41) is 0. The summed E-state index contributed by atoms with van der Waals surface area (Å²) in [5.74, 6) is -1.18. The zero-order valence-electron chi connectivity index (χ0n) is 12.8. The van der Waals surface area contributed by atoms with Crippen molar-refractivity contribution in [3.05, 3.63) is 59.7 Å². The van der Waals surface area contributed by atoms with E-state index in [1.54, 1.807) is 24.3 Å². The molecule has 0 atom stereocenters. The van der Waals surface area contributed by atoms with Gasteiger partial charge in [0.05, 0.1) is 11.5 Å². The molecule has 0 N–H and O–H groups in total. The lowest BCUT2D eigenvalue weighted by molar-refractivity contribution is 0.340. The monoisotopic (exact) mass is 341 g/mol. The molecule has 0 saturated carbocycles. The molecule has 0 aliphatic carbocycles. The number of hydrogen-bond donors (Lipinski definition) is 0. The van der Waals surface area contributed by atoms with Crippen LogP contribution in [0.5, 0.6) is 5.75 Å². The van der Waals surface area contributed by atoms with Gasteiger partial charge in [-0.15, -0.1) is 0 Å². The van der Waals surface area contributed by atoms with Crippen LogP contribution in [0.15, 0.2) is 47.4 Å². The lowest BCUT2D eigenvalue weighted by Crippen LogP contribution is -2.26. The largest absolute Gasteiger partial charge is 0.494 e. The molecule has 0 amide bonds. The summed E-state index contributed by atoms with van der Waals surface area (Å²) in [5.41, 5.74) is 0.733. The minimum Gasteiger partial charge on any atom is -0.494 e. The van der Waals surface area contributed by atoms with Crippen molar-refractivity contribution >= 4 is 10.0 Å². The summed E-state index contributed by atoms with van der Waals surface area (Å²) in [6.45, 7) is 2.48. The van der Waals surface area contributed by atoms with E-state index < -0.39 is 26.6 Å². The molecule has 0 fully saturated rings. The fourth-order valence-electron chi connectivity index (χ4n) is 2.06. The Hall–Kier alpha value is -1.99. The summed E-state index contributed by atoms with van der Waals surface area (Å²) in [6, 6.07) is 9.18. The van der Waals surface area contributed by atoms with Gasteiger partial charge in [0.1, 0.15) is 17.4 Å². The van der Waals surface area contributed by atoms with Gasteiger partial charge in [0.25, 0.3) is 0 Å². The first-order chi connectivity index (χ1) is 10.8. The van der Waals surface area contributed by atoms with E-state index in [4.69, 9.17) is 4.74 Å². The van der Waals surface area contributed by atoms with Crippen LogP contribution in [0.1, 0.15) is 12.5 Å². The predicted octanol–water partition coefficient (Wildman–Crippen LogP) is 3.18. The van der Waals surface area contributed by atoms with Gasteiger partial charge in [0, 0.05) is 19.7 Å². The zero-order valence-corrected chi connectivity index (χ0v) is 13.6. The van der Waals surface area contributed by atoms with Crippen LogP contribution in [0, 0.1) is 11.6 Å². The minimum atomic E-state index is -3.98. The molecule has 23 heavy (non-hydrogen) atoms. The molecule has 2 aromatic rings. The Morgan fingerprint density at radius 2 is 1.61 bits per heavy atom. The molecule has 0 bridgehead atoms. The number of nitrogens with zero attached hydrogens (tertiary/aromatic N) is 1. The van der Waals surface area contributed by atoms with Crippen molar-refractivity contribution in [3.8, 4) is 5.75 Å².